The fourth-order valence-corrected chi connectivity index (χ4v) is 2.62. The Morgan fingerprint density at radius 1 is 1.33 bits per heavy atom. The Kier molecular flexibility index (Phi) is 3.75. The number of nitrogen functional groups attached to an aromatic ring is 1. The van der Waals surface area contributed by atoms with Crippen molar-refractivity contribution in [2.45, 2.75) is 10.8 Å². The van der Waals surface area contributed by atoms with E-state index in [0.29, 0.717) is 11.4 Å². The molecule has 0 fully saturated rings. The van der Waals surface area contributed by atoms with Gasteiger partial charge >= 0.3 is 0 Å². The summed E-state index contributed by atoms with van der Waals surface area (Å²) in [5.41, 5.74) is 4.51. The number of hydrogen-bond donors (Lipinski definition) is 3. The van der Waals surface area contributed by atoms with Gasteiger partial charge in [0.25, 0.3) is 5.91 Å². The van der Waals surface area contributed by atoms with Crippen molar-refractivity contribution in [1.29, 1.82) is 0 Å². The highest BCUT2D eigenvalue weighted by Gasteiger charge is 2.09. The summed E-state index contributed by atoms with van der Waals surface area (Å²) in [6, 6.07) is 5.21. The molecule has 0 radical (unpaired) electrons. The fourth-order valence-electron chi connectivity index (χ4n) is 1.75. The van der Waals surface area contributed by atoms with Gasteiger partial charge in [-0.3, -0.25) is 10.2 Å². The average molecular weight is 301 g/mol. The van der Waals surface area contributed by atoms with Crippen molar-refractivity contribution >= 4 is 28.8 Å². The fraction of sp³-hybridized carbons (Fsp3) is 0.0833. The molecule has 0 bridgehead atoms. The number of imidazole rings is 1. The van der Waals surface area contributed by atoms with Crippen LogP contribution in [0.25, 0.3) is 11.2 Å². The van der Waals surface area contributed by atoms with Gasteiger partial charge in [-0.2, -0.15) is 0 Å². The van der Waals surface area contributed by atoms with Crippen molar-refractivity contribution in [3.63, 3.8) is 0 Å². The summed E-state index contributed by atoms with van der Waals surface area (Å²) in [6.45, 7) is 0. The van der Waals surface area contributed by atoms with Crippen LogP contribution in [-0.2, 0) is 5.75 Å². The number of hydrazine groups is 1. The molecular weight excluding hydrogens is 290 g/mol. The monoisotopic (exact) mass is 301 g/mol. The first kappa shape index (κ1) is 13.5. The molecule has 0 aliphatic carbocycles. The number of hydrogen-bond acceptors (Lipinski definition) is 7. The lowest BCUT2D eigenvalue weighted by molar-refractivity contribution is 0.0948. The van der Waals surface area contributed by atoms with E-state index in [4.69, 9.17) is 5.84 Å². The van der Waals surface area contributed by atoms with Crippen LogP contribution in [0.5, 0.6) is 0 Å². The molecular formula is C12H11N7OS. The van der Waals surface area contributed by atoms with Gasteiger partial charge in [-0.25, -0.2) is 25.8 Å². The van der Waals surface area contributed by atoms with Gasteiger partial charge in [0.2, 0.25) is 0 Å². The zero-order valence-electron chi connectivity index (χ0n) is 10.8. The van der Waals surface area contributed by atoms with Gasteiger partial charge in [-0.1, -0.05) is 17.8 Å². The van der Waals surface area contributed by atoms with Crippen LogP contribution in [-0.4, -0.2) is 30.8 Å². The lowest BCUT2D eigenvalue weighted by Crippen LogP contribution is -2.30. The molecule has 3 aromatic heterocycles. The molecule has 3 heterocycles. The molecule has 106 valence electrons. The number of thioether (sulfide) groups is 1. The van der Waals surface area contributed by atoms with E-state index in [1.807, 2.05) is 6.07 Å². The Bertz CT molecular complexity index is 788. The number of nitrogens with zero attached hydrogens (tertiary/aromatic N) is 4. The topological polar surface area (TPSA) is 122 Å². The SMILES string of the molecule is NNC(=O)c1cccc(CSc2ncnc3nc[nH]c23)n1. The largest absolute Gasteiger partial charge is 0.341 e. The van der Waals surface area contributed by atoms with Crippen molar-refractivity contribution in [3.8, 4) is 0 Å². The number of nitrogens with one attached hydrogen (secondary N) is 2. The second kappa shape index (κ2) is 5.85. The standard InChI is InChI=1S/C12H11N7OS/c13-19-11(20)8-3-1-2-7(18-8)4-21-12-9-10(15-5-14-9)16-6-17-12/h1-3,5-6H,4,13H2,(H,19,20)(H,14,15,16,17). The second-order valence-electron chi connectivity index (χ2n) is 4.06. The molecule has 9 heteroatoms. The number of carbonyl (C=O) groups excluding carboxylic acids is 1. The van der Waals surface area contributed by atoms with Crippen LogP contribution in [0.4, 0.5) is 0 Å². The maximum Gasteiger partial charge on any atom is 0.283 e. The number of amides is 1. The molecule has 21 heavy (non-hydrogen) atoms. The van der Waals surface area contributed by atoms with Gasteiger partial charge in [-0.15, -0.1) is 0 Å². The maximum atomic E-state index is 11.4. The first-order valence-corrected chi connectivity index (χ1v) is 7.00. The highest BCUT2D eigenvalue weighted by Crippen LogP contribution is 2.24. The minimum absolute atomic E-state index is 0.282. The summed E-state index contributed by atoms with van der Waals surface area (Å²) in [4.78, 5) is 31.0. The van der Waals surface area contributed by atoms with Crippen LogP contribution in [0, 0.1) is 0 Å². The van der Waals surface area contributed by atoms with Crippen LogP contribution in [0.15, 0.2) is 35.9 Å². The van der Waals surface area contributed by atoms with Crippen molar-refractivity contribution in [3.05, 3.63) is 42.2 Å². The summed E-state index contributed by atoms with van der Waals surface area (Å²) in [5.74, 6) is 5.25. The van der Waals surface area contributed by atoms with Gasteiger partial charge in [-0.05, 0) is 12.1 Å². The number of H-pyrrole nitrogens is 1. The molecule has 8 nitrogen and oxygen atoms in total. The van der Waals surface area contributed by atoms with E-state index in [2.05, 4.69) is 30.3 Å². The van der Waals surface area contributed by atoms with Gasteiger partial charge in [0.1, 0.15) is 22.6 Å². The lowest BCUT2D eigenvalue weighted by atomic mass is 10.3. The molecule has 3 aromatic rings. The predicted octanol–water partition coefficient (Wildman–Crippen LogP) is 0.644. The third-order valence-corrected chi connectivity index (χ3v) is 3.74. The molecule has 0 atom stereocenters. The first-order valence-electron chi connectivity index (χ1n) is 6.01. The Morgan fingerprint density at radius 3 is 3.10 bits per heavy atom. The van der Waals surface area contributed by atoms with Gasteiger partial charge in [0, 0.05) is 5.75 Å². The minimum atomic E-state index is -0.417. The molecule has 0 aliphatic rings. The van der Waals surface area contributed by atoms with E-state index < -0.39 is 5.91 Å². The number of fused-ring (bicyclic) bond motifs is 1. The lowest BCUT2D eigenvalue weighted by Gasteiger charge is -2.04. The van der Waals surface area contributed by atoms with Crippen LogP contribution in [0.1, 0.15) is 16.2 Å². The third-order valence-electron chi connectivity index (χ3n) is 2.72. The zero-order valence-corrected chi connectivity index (χ0v) is 11.6. The summed E-state index contributed by atoms with van der Waals surface area (Å²) < 4.78 is 0. The van der Waals surface area contributed by atoms with Crippen molar-refractivity contribution in [2.75, 3.05) is 0 Å². The molecule has 0 saturated heterocycles. The molecule has 0 aliphatic heterocycles. The van der Waals surface area contributed by atoms with Gasteiger partial charge in [0.15, 0.2) is 5.65 Å². The van der Waals surface area contributed by atoms with E-state index in [-0.39, 0.29) is 5.69 Å². The summed E-state index contributed by atoms with van der Waals surface area (Å²) >= 11 is 1.49. The quantitative estimate of drug-likeness (QED) is 0.212. The summed E-state index contributed by atoms with van der Waals surface area (Å²) in [6.07, 6.45) is 3.05. The molecule has 0 unspecified atom stereocenters. The van der Waals surface area contributed by atoms with Crippen LogP contribution >= 0.6 is 11.8 Å². The molecule has 0 spiro atoms. The predicted molar refractivity (Wildman–Crippen MR) is 77.1 cm³/mol. The van der Waals surface area contributed by atoms with Crippen molar-refractivity contribution in [1.82, 2.24) is 30.3 Å². The summed E-state index contributed by atoms with van der Waals surface area (Å²) in [7, 11) is 0. The highest BCUT2D eigenvalue weighted by atomic mass is 32.2. The Labute approximate surface area is 123 Å². The normalized spacial score (nSPS) is 10.7. The third kappa shape index (κ3) is 2.83. The Balaban J connectivity index is 1.79. The number of carbonyl (C=O) groups is 1. The zero-order chi connectivity index (χ0) is 14.7. The van der Waals surface area contributed by atoms with E-state index >= 15 is 0 Å². The van der Waals surface area contributed by atoms with Gasteiger partial charge < -0.3 is 4.98 Å². The number of aromatic amines is 1. The van der Waals surface area contributed by atoms with Crippen LogP contribution in [0.3, 0.4) is 0 Å². The smallest absolute Gasteiger partial charge is 0.283 e. The van der Waals surface area contributed by atoms with Crippen molar-refractivity contribution in [2.24, 2.45) is 5.84 Å². The number of rotatable bonds is 4. The molecule has 1 amide bonds. The Hall–Kier alpha value is -2.52. The maximum absolute atomic E-state index is 11.4. The van der Waals surface area contributed by atoms with E-state index in [1.165, 1.54) is 18.1 Å². The molecule has 4 N–H and O–H groups in total. The van der Waals surface area contributed by atoms with Gasteiger partial charge in [0.05, 0.1) is 12.0 Å². The highest BCUT2D eigenvalue weighted by molar-refractivity contribution is 7.98. The van der Waals surface area contributed by atoms with E-state index in [1.54, 1.807) is 18.5 Å². The van der Waals surface area contributed by atoms with Crippen LogP contribution < -0.4 is 11.3 Å². The second-order valence-corrected chi connectivity index (χ2v) is 5.02. The number of aromatic nitrogens is 5. The van der Waals surface area contributed by atoms with Crippen LogP contribution in [0.2, 0.25) is 0 Å². The Morgan fingerprint density at radius 2 is 2.24 bits per heavy atom. The van der Waals surface area contributed by atoms with E-state index in [9.17, 15) is 4.79 Å². The molecule has 3 rings (SSSR count). The average Bonchev–Trinajstić information content (AvgIpc) is 3.01. The summed E-state index contributed by atoms with van der Waals surface area (Å²) in [5, 5.41) is 0.785. The number of pyridine rings is 1. The van der Waals surface area contributed by atoms with E-state index in [0.717, 1.165) is 16.2 Å². The van der Waals surface area contributed by atoms with Crippen molar-refractivity contribution < 1.29 is 4.79 Å². The molecule has 0 saturated carbocycles. The first-order chi connectivity index (χ1) is 10.3. The number of nitrogens with two attached hydrogens (primary N) is 1. The molecule has 0 aromatic carbocycles. The minimum Gasteiger partial charge on any atom is -0.341 e.